The summed E-state index contributed by atoms with van der Waals surface area (Å²) in [6.45, 7) is 2.24. The minimum atomic E-state index is -0.308. The lowest BCUT2D eigenvalue weighted by Gasteiger charge is -2.55. The van der Waals surface area contributed by atoms with E-state index < -0.39 is 0 Å². The van der Waals surface area contributed by atoms with Crippen LogP contribution in [-0.2, 0) is 9.53 Å². The van der Waals surface area contributed by atoms with Gasteiger partial charge in [-0.2, -0.15) is 0 Å². The van der Waals surface area contributed by atoms with Crippen molar-refractivity contribution < 1.29 is 14.3 Å². The summed E-state index contributed by atoms with van der Waals surface area (Å²) in [5, 5.41) is 4.93. The molecule has 4 aliphatic rings. The van der Waals surface area contributed by atoms with Crippen molar-refractivity contribution in [3.8, 4) is 0 Å². The highest BCUT2D eigenvalue weighted by Crippen LogP contribution is 2.60. The summed E-state index contributed by atoms with van der Waals surface area (Å²) in [4.78, 5) is 25.4. The highest BCUT2D eigenvalue weighted by Gasteiger charge is 2.54. The Morgan fingerprint density at radius 2 is 1.88 bits per heavy atom. The maximum Gasteiger partial charge on any atom is 0.348 e. The fourth-order valence-electron chi connectivity index (χ4n) is 5.49. The van der Waals surface area contributed by atoms with Gasteiger partial charge in [0.05, 0.1) is 6.54 Å². The summed E-state index contributed by atoms with van der Waals surface area (Å²) in [5.41, 5.74) is -0.133. The molecule has 4 fully saturated rings. The molecule has 1 N–H and O–H groups in total. The number of hydrogen-bond acceptors (Lipinski definition) is 4. The Balaban J connectivity index is 1.31. The zero-order valence-corrected chi connectivity index (χ0v) is 14.9. The van der Waals surface area contributed by atoms with Crippen molar-refractivity contribution in [2.24, 2.45) is 23.2 Å². The molecular formula is C19H25NO3S. The zero-order valence-electron chi connectivity index (χ0n) is 14.1. The van der Waals surface area contributed by atoms with E-state index >= 15 is 0 Å². The van der Waals surface area contributed by atoms with Crippen LogP contribution in [-0.4, -0.2) is 24.5 Å². The molecule has 1 aromatic rings. The van der Waals surface area contributed by atoms with Gasteiger partial charge >= 0.3 is 5.97 Å². The quantitative estimate of drug-likeness (QED) is 0.828. The number of esters is 1. The number of rotatable bonds is 5. The molecule has 1 heterocycles. The van der Waals surface area contributed by atoms with Gasteiger partial charge in [-0.15, -0.1) is 11.3 Å². The molecule has 0 aliphatic heterocycles. The lowest BCUT2D eigenvalue weighted by atomic mass is 9.49. The van der Waals surface area contributed by atoms with Gasteiger partial charge in [0, 0.05) is 5.41 Å². The second-order valence-corrected chi connectivity index (χ2v) is 9.05. The van der Waals surface area contributed by atoms with E-state index in [1.54, 1.807) is 6.07 Å². The standard InChI is InChI=1S/C19H25NO3S/c1-12(23-17(21)16-3-2-4-24-16)11-20-18(22)19-8-13-5-14(9-19)7-15(6-13)10-19/h2-4,12-15H,5-11H2,1H3,(H,20,22)/t12-,13?,14?,15?,19?/m1/s1. The Morgan fingerprint density at radius 1 is 1.25 bits per heavy atom. The minimum absolute atomic E-state index is 0.133. The van der Waals surface area contributed by atoms with Crippen LogP contribution in [0.4, 0.5) is 0 Å². The van der Waals surface area contributed by atoms with E-state index in [4.69, 9.17) is 4.74 Å². The van der Waals surface area contributed by atoms with Gasteiger partial charge in [0.2, 0.25) is 5.91 Å². The molecule has 0 unspecified atom stereocenters. The normalized spacial score (nSPS) is 34.8. The fourth-order valence-corrected chi connectivity index (χ4v) is 6.10. The van der Waals surface area contributed by atoms with Crippen molar-refractivity contribution in [2.45, 2.75) is 51.6 Å². The second kappa shape index (κ2) is 6.17. The van der Waals surface area contributed by atoms with Crippen LogP contribution >= 0.6 is 11.3 Å². The van der Waals surface area contributed by atoms with Crippen LogP contribution in [0.2, 0.25) is 0 Å². The highest BCUT2D eigenvalue weighted by atomic mass is 32.1. The lowest BCUT2D eigenvalue weighted by Crippen LogP contribution is -2.54. The predicted molar refractivity (Wildman–Crippen MR) is 92.8 cm³/mol. The molecular weight excluding hydrogens is 322 g/mol. The van der Waals surface area contributed by atoms with Gasteiger partial charge < -0.3 is 10.1 Å². The van der Waals surface area contributed by atoms with Crippen LogP contribution < -0.4 is 5.32 Å². The maximum atomic E-state index is 12.9. The lowest BCUT2D eigenvalue weighted by molar-refractivity contribution is -0.146. The Kier molecular flexibility index (Phi) is 4.15. The molecule has 4 bridgehead atoms. The van der Waals surface area contributed by atoms with Crippen molar-refractivity contribution in [1.29, 1.82) is 0 Å². The molecule has 1 atom stereocenters. The molecule has 0 saturated heterocycles. The first-order valence-corrected chi connectivity index (χ1v) is 9.95. The Labute approximate surface area is 147 Å². The van der Waals surface area contributed by atoms with Gasteiger partial charge in [-0.1, -0.05) is 6.07 Å². The highest BCUT2D eigenvalue weighted by molar-refractivity contribution is 7.11. The molecule has 130 valence electrons. The van der Waals surface area contributed by atoms with E-state index in [1.165, 1.54) is 30.6 Å². The SMILES string of the molecule is C[C@H](CNC(=O)C12CC3CC(CC(C3)C1)C2)OC(=O)c1cccs1. The summed E-state index contributed by atoms with van der Waals surface area (Å²) >= 11 is 1.37. The van der Waals surface area contributed by atoms with Crippen molar-refractivity contribution in [3.05, 3.63) is 22.4 Å². The first-order chi connectivity index (χ1) is 11.5. The third-order valence-electron chi connectivity index (χ3n) is 6.10. The largest absolute Gasteiger partial charge is 0.457 e. The van der Waals surface area contributed by atoms with Gasteiger partial charge in [0.25, 0.3) is 0 Å². The topological polar surface area (TPSA) is 55.4 Å². The molecule has 5 rings (SSSR count). The van der Waals surface area contributed by atoms with Crippen LogP contribution in [0.15, 0.2) is 17.5 Å². The Bertz CT molecular complexity index is 589. The smallest absolute Gasteiger partial charge is 0.348 e. The van der Waals surface area contributed by atoms with Crippen LogP contribution in [0.25, 0.3) is 0 Å². The van der Waals surface area contributed by atoms with Crippen LogP contribution in [0.1, 0.15) is 55.1 Å². The predicted octanol–water partition coefficient (Wildman–Crippen LogP) is 3.63. The molecule has 24 heavy (non-hydrogen) atoms. The molecule has 1 amide bonds. The average Bonchev–Trinajstić information content (AvgIpc) is 3.05. The Hall–Kier alpha value is -1.36. The molecule has 1 aromatic heterocycles. The van der Waals surface area contributed by atoms with E-state index in [2.05, 4.69) is 5.32 Å². The number of carbonyl (C=O) groups excluding carboxylic acids is 2. The molecule has 4 saturated carbocycles. The van der Waals surface area contributed by atoms with Crippen molar-refractivity contribution >= 4 is 23.2 Å². The van der Waals surface area contributed by atoms with Gasteiger partial charge in [0.15, 0.2) is 0 Å². The number of ether oxygens (including phenoxy) is 1. The first-order valence-electron chi connectivity index (χ1n) is 9.07. The average molecular weight is 347 g/mol. The van der Waals surface area contributed by atoms with Gasteiger partial charge in [-0.05, 0) is 74.6 Å². The van der Waals surface area contributed by atoms with Crippen LogP contribution in [0.3, 0.4) is 0 Å². The third kappa shape index (κ3) is 2.99. The van der Waals surface area contributed by atoms with Crippen molar-refractivity contribution in [2.75, 3.05) is 6.54 Å². The van der Waals surface area contributed by atoms with E-state index in [1.807, 2.05) is 18.4 Å². The van der Waals surface area contributed by atoms with Crippen LogP contribution in [0, 0.1) is 23.2 Å². The molecule has 4 aliphatic carbocycles. The van der Waals surface area contributed by atoms with Gasteiger partial charge in [0.1, 0.15) is 11.0 Å². The summed E-state index contributed by atoms with van der Waals surface area (Å²) < 4.78 is 5.42. The van der Waals surface area contributed by atoms with Crippen LogP contribution in [0.5, 0.6) is 0 Å². The number of carbonyl (C=O) groups is 2. The number of thiophene rings is 1. The molecule has 4 nitrogen and oxygen atoms in total. The summed E-state index contributed by atoms with van der Waals surface area (Å²) in [7, 11) is 0. The minimum Gasteiger partial charge on any atom is -0.457 e. The van der Waals surface area contributed by atoms with Crippen molar-refractivity contribution in [3.63, 3.8) is 0 Å². The first kappa shape index (κ1) is 16.1. The number of nitrogens with one attached hydrogen (secondary N) is 1. The third-order valence-corrected chi connectivity index (χ3v) is 6.95. The fraction of sp³-hybridized carbons (Fsp3) is 0.684. The zero-order chi connectivity index (χ0) is 16.7. The van der Waals surface area contributed by atoms with Gasteiger partial charge in [-0.25, -0.2) is 4.79 Å². The van der Waals surface area contributed by atoms with E-state index in [9.17, 15) is 9.59 Å². The maximum absolute atomic E-state index is 12.9. The summed E-state index contributed by atoms with van der Waals surface area (Å²) in [6.07, 6.45) is 6.89. The van der Waals surface area contributed by atoms with Crippen molar-refractivity contribution in [1.82, 2.24) is 5.32 Å². The summed E-state index contributed by atoms with van der Waals surface area (Å²) in [6, 6.07) is 3.59. The number of hydrogen-bond donors (Lipinski definition) is 1. The number of amides is 1. The van der Waals surface area contributed by atoms with E-state index in [0.29, 0.717) is 11.4 Å². The van der Waals surface area contributed by atoms with Gasteiger partial charge in [-0.3, -0.25) is 4.79 Å². The molecule has 0 spiro atoms. The molecule has 0 aromatic carbocycles. The second-order valence-electron chi connectivity index (χ2n) is 8.10. The van der Waals surface area contributed by atoms with E-state index in [-0.39, 0.29) is 23.4 Å². The Morgan fingerprint density at radius 3 is 2.42 bits per heavy atom. The monoisotopic (exact) mass is 347 g/mol. The summed E-state index contributed by atoms with van der Waals surface area (Å²) in [5.74, 6) is 2.17. The van der Waals surface area contributed by atoms with E-state index in [0.717, 1.165) is 37.0 Å². The molecule has 0 radical (unpaired) electrons. The molecule has 5 heteroatoms.